The first-order valence-corrected chi connectivity index (χ1v) is 8.74. The molecular weight excluding hydrogens is 272 g/mol. The van der Waals surface area contributed by atoms with Crippen LogP contribution in [-0.4, -0.2) is 49.9 Å². The molecule has 1 atom stereocenters. The monoisotopic (exact) mass is 296 g/mol. The Bertz CT molecular complexity index is 518. The molecule has 1 saturated heterocycles. The molecule has 0 saturated carbocycles. The molecule has 112 valence electrons. The van der Waals surface area contributed by atoms with E-state index < -0.39 is 0 Å². The molecule has 0 radical (unpaired) electrons. The molecule has 6 heteroatoms. The fourth-order valence-corrected chi connectivity index (χ4v) is 4.56. The Labute approximate surface area is 124 Å². The third-order valence-electron chi connectivity index (χ3n) is 4.81. The van der Waals surface area contributed by atoms with Gasteiger partial charge in [-0.2, -0.15) is 16.9 Å². The second kappa shape index (κ2) is 5.93. The quantitative estimate of drug-likeness (QED) is 0.820. The van der Waals surface area contributed by atoms with Crippen LogP contribution in [0.2, 0.25) is 0 Å². The molecule has 3 heterocycles. The number of aromatic nitrogens is 3. The van der Waals surface area contributed by atoms with Gasteiger partial charge in [0.25, 0.3) is 0 Å². The Morgan fingerprint density at radius 2 is 1.90 bits per heavy atom. The minimum atomic E-state index is 0.0392. The van der Waals surface area contributed by atoms with Crippen LogP contribution in [0.3, 0.4) is 0 Å². The van der Waals surface area contributed by atoms with Crippen LogP contribution in [0, 0.1) is 0 Å². The van der Waals surface area contributed by atoms with E-state index in [9.17, 15) is 4.79 Å². The van der Waals surface area contributed by atoms with Crippen molar-refractivity contribution in [2.45, 2.75) is 50.7 Å². The highest BCUT2D eigenvalue weighted by molar-refractivity contribution is 7.99. The number of rotatable bonds is 2. The van der Waals surface area contributed by atoms with Crippen LogP contribution in [0.15, 0.2) is 4.79 Å². The highest BCUT2D eigenvalue weighted by atomic mass is 32.2. The molecule has 0 aliphatic carbocycles. The lowest BCUT2D eigenvalue weighted by atomic mass is 10.0. The highest BCUT2D eigenvalue weighted by Crippen LogP contribution is 2.25. The first-order chi connectivity index (χ1) is 9.66. The van der Waals surface area contributed by atoms with E-state index in [2.05, 4.69) is 28.8 Å². The van der Waals surface area contributed by atoms with E-state index in [1.807, 2.05) is 4.57 Å². The van der Waals surface area contributed by atoms with Crippen LogP contribution in [0.1, 0.15) is 31.5 Å². The standard InChI is InChI=1S/C14H24N4OS/c1-16(12-6-9-20-10-7-12)11-3-4-13-15-17(2)14(19)18(13)8-5-11/h11-12H,3-10H2,1-2H3. The lowest BCUT2D eigenvalue weighted by Gasteiger charge is -2.36. The summed E-state index contributed by atoms with van der Waals surface area (Å²) in [6.07, 6.45) is 5.73. The lowest BCUT2D eigenvalue weighted by molar-refractivity contribution is 0.147. The van der Waals surface area contributed by atoms with Crippen molar-refractivity contribution < 1.29 is 0 Å². The summed E-state index contributed by atoms with van der Waals surface area (Å²) in [7, 11) is 4.02. The maximum atomic E-state index is 12.0. The Balaban J connectivity index is 1.68. The molecule has 1 fully saturated rings. The van der Waals surface area contributed by atoms with Crippen LogP contribution in [0.25, 0.3) is 0 Å². The maximum Gasteiger partial charge on any atom is 0.345 e. The zero-order chi connectivity index (χ0) is 14.1. The topological polar surface area (TPSA) is 43.1 Å². The molecule has 2 aliphatic rings. The highest BCUT2D eigenvalue weighted by Gasteiger charge is 2.27. The largest absolute Gasteiger partial charge is 0.345 e. The zero-order valence-corrected chi connectivity index (χ0v) is 13.2. The van der Waals surface area contributed by atoms with Gasteiger partial charge in [0.05, 0.1) is 0 Å². The van der Waals surface area contributed by atoms with E-state index in [-0.39, 0.29) is 5.69 Å². The van der Waals surface area contributed by atoms with Gasteiger partial charge in [0.15, 0.2) is 0 Å². The number of hydrogen-bond acceptors (Lipinski definition) is 4. The first-order valence-electron chi connectivity index (χ1n) is 7.59. The fourth-order valence-electron chi connectivity index (χ4n) is 3.48. The van der Waals surface area contributed by atoms with E-state index in [0.717, 1.165) is 37.7 Å². The number of aryl methyl sites for hydroxylation is 2. The van der Waals surface area contributed by atoms with Gasteiger partial charge in [0, 0.05) is 32.1 Å². The normalized spacial score (nSPS) is 24.6. The second-order valence-corrected chi connectivity index (χ2v) is 7.19. The SMILES string of the molecule is CN(C1CCSCC1)C1CCc2nn(C)c(=O)n2CC1. The molecule has 0 spiro atoms. The number of hydrogen-bond donors (Lipinski definition) is 0. The minimum absolute atomic E-state index is 0.0392. The van der Waals surface area contributed by atoms with Gasteiger partial charge in [-0.15, -0.1) is 0 Å². The van der Waals surface area contributed by atoms with E-state index in [1.165, 1.54) is 29.0 Å². The summed E-state index contributed by atoms with van der Waals surface area (Å²) in [5.41, 5.74) is 0.0392. The van der Waals surface area contributed by atoms with E-state index in [1.54, 1.807) is 7.05 Å². The summed E-state index contributed by atoms with van der Waals surface area (Å²) in [5.74, 6) is 3.56. The van der Waals surface area contributed by atoms with Crippen LogP contribution < -0.4 is 5.69 Å². The summed E-state index contributed by atoms with van der Waals surface area (Å²) in [6, 6.07) is 1.32. The third kappa shape index (κ3) is 2.68. The van der Waals surface area contributed by atoms with Gasteiger partial charge in [-0.1, -0.05) is 0 Å². The van der Waals surface area contributed by atoms with Gasteiger partial charge in [0.1, 0.15) is 5.82 Å². The van der Waals surface area contributed by atoms with Gasteiger partial charge < -0.3 is 4.90 Å². The zero-order valence-electron chi connectivity index (χ0n) is 12.4. The van der Waals surface area contributed by atoms with Crippen LogP contribution >= 0.6 is 11.8 Å². The number of nitrogens with zero attached hydrogens (tertiary/aromatic N) is 4. The van der Waals surface area contributed by atoms with E-state index in [0.29, 0.717) is 6.04 Å². The lowest BCUT2D eigenvalue weighted by Crippen LogP contribution is -2.42. The molecule has 0 amide bonds. The van der Waals surface area contributed by atoms with Crippen LogP contribution in [0.4, 0.5) is 0 Å². The van der Waals surface area contributed by atoms with Crippen molar-refractivity contribution in [3.63, 3.8) is 0 Å². The molecule has 3 rings (SSSR count). The Hall–Kier alpha value is -0.750. The molecular formula is C14H24N4OS. The Morgan fingerprint density at radius 3 is 2.65 bits per heavy atom. The van der Waals surface area contributed by atoms with Gasteiger partial charge in [-0.25, -0.2) is 9.48 Å². The smallest absolute Gasteiger partial charge is 0.300 e. The van der Waals surface area contributed by atoms with Crippen molar-refractivity contribution in [3.8, 4) is 0 Å². The van der Waals surface area contributed by atoms with Gasteiger partial charge in [-0.3, -0.25) is 4.57 Å². The molecule has 0 aromatic carbocycles. The average Bonchev–Trinajstić information content (AvgIpc) is 2.66. The average molecular weight is 296 g/mol. The summed E-state index contributed by atoms with van der Waals surface area (Å²) < 4.78 is 3.34. The van der Waals surface area contributed by atoms with E-state index >= 15 is 0 Å². The van der Waals surface area contributed by atoms with Crippen molar-refractivity contribution in [1.29, 1.82) is 0 Å². The first kappa shape index (κ1) is 14.2. The van der Waals surface area contributed by atoms with Crippen molar-refractivity contribution in [2.75, 3.05) is 18.6 Å². The molecule has 5 nitrogen and oxygen atoms in total. The summed E-state index contributed by atoms with van der Waals surface area (Å²) >= 11 is 2.08. The summed E-state index contributed by atoms with van der Waals surface area (Å²) in [5, 5.41) is 4.36. The summed E-state index contributed by atoms with van der Waals surface area (Å²) in [6.45, 7) is 0.818. The predicted octanol–water partition coefficient (Wildman–Crippen LogP) is 1.11. The van der Waals surface area contributed by atoms with Gasteiger partial charge in [-0.05, 0) is 44.2 Å². The molecule has 2 aliphatic heterocycles. The molecule has 1 aromatic heterocycles. The number of fused-ring (bicyclic) bond motifs is 1. The van der Waals surface area contributed by atoms with Crippen molar-refractivity contribution in [2.24, 2.45) is 7.05 Å². The number of thioether (sulfide) groups is 1. The van der Waals surface area contributed by atoms with Crippen LogP contribution in [-0.2, 0) is 20.0 Å². The van der Waals surface area contributed by atoms with Crippen molar-refractivity contribution in [3.05, 3.63) is 16.3 Å². The minimum Gasteiger partial charge on any atom is -0.300 e. The molecule has 20 heavy (non-hydrogen) atoms. The molecule has 1 unspecified atom stereocenters. The Morgan fingerprint density at radius 1 is 1.20 bits per heavy atom. The molecule has 0 bridgehead atoms. The summed E-state index contributed by atoms with van der Waals surface area (Å²) in [4.78, 5) is 14.6. The predicted molar refractivity (Wildman–Crippen MR) is 82.3 cm³/mol. The third-order valence-corrected chi connectivity index (χ3v) is 5.86. The molecule has 1 aromatic rings. The van der Waals surface area contributed by atoms with Crippen molar-refractivity contribution in [1.82, 2.24) is 19.2 Å². The van der Waals surface area contributed by atoms with Gasteiger partial charge >= 0.3 is 5.69 Å². The maximum absolute atomic E-state index is 12.0. The second-order valence-electron chi connectivity index (χ2n) is 5.96. The van der Waals surface area contributed by atoms with E-state index in [4.69, 9.17) is 0 Å². The van der Waals surface area contributed by atoms with Gasteiger partial charge in [0.2, 0.25) is 0 Å². The van der Waals surface area contributed by atoms with Crippen molar-refractivity contribution >= 4 is 11.8 Å². The fraction of sp³-hybridized carbons (Fsp3) is 0.857. The Kier molecular flexibility index (Phi) is 4.21. The van der Waals surface area contributed by atoms with Crippen LogP contribution in [0.5, 0.6) is 0 Å². The molecule has 0 N–H and O–H groups in total.